The molecule has 0 saturated heterocycles. The van der Waals surface area contributed by atoms with Gasteiger partial charge in [0.25, 0.3) is 0 Å². The van der Waals surface area contributed by atoms with E-state index in [1.807, 2.05) is 13.8 Å². The lowest BCUT2D eigenvalue weighted by Crippen LogP contribution is -2.17. The lowest BCUT2D eigenvalue weighted by Gasteiger charge is -2.13. The zero-order valence-electron chi connectivity index (χ0n) is 12.0. The van der Waals surface area contributed by atoms with Crippen molar-refractivity contribution < 1.29 is 24.1 Å². The Labute approximate surface area is 119 Å². The number of hydrogen-bond donors (Lipinski definition) is 1. The van der Waals surface area contributed by atoms with Gasteiger partial charge in [0.05, 0.1) is 25.9 Å². The first-order chi connectivity index (χ1) is 9.65. The number of hydrogen-bond acceptors (Lipinski definition) is 4. The second kappa shape index (κ2) is 9.34. The maximum atomic E-state index is 11.0. The van der Waals surface area contributed by atoms with Crippen LogP contribution in [0.2, 0.25) is 0 Å². The van der Waals surface area contributed by atoms with Gasteiger partial charge in [0.2, 0.25) is 0 Å². The second-order valence-corrected chi connectivity index (χ2v) is 4.34. The predicted molar refractivity (Wildman–Crippen MR) is 75.4 cm³/mol. The van der Waals surface area contributed by atoms with Gasteiger partial charge in [0.15, 0.2) is 0 Å². The van der Waals surface area contributed by atoms with Gasteiger partial charge in [-0.05, 0) is 26.0 Å². The third kappa shape index (κ3) is 6.04. The van der Waals surface area contributed by atoms with Crippen molar-refractivity contribution >= 4 is 5.97 Å². The highest BCUT2D eigenvalue weighted by molar-refractivity contribution is 5.90. The molecule has 0 aliphatic heterocycles. The van der Waals surface area contributed by atoms with Crippen molar-refractivity contribution in [2.45, 2.75) is 26.4 Å². The minimum absolute atomic E-state index is 0.0567. The van der Waals surface area contributed by atoms with E-state index in [2.05, 4.69) is 0 Å². The molecule has 5 heteroatoms. The molecular formula is C15H22O5. The van der Waals surface area contributed by atoms with Crippen molar-refractivity contribution in [3.8, 4) is 5.75 Å². The van der Waals surface area contributed by atoms with Gasteiger partial charge in [0.1, 0.15) is 11.3 Å². The van der Waals surface area contributed by atoms with Crippen LogP contribution in [0.3, 0.4) is 0 Å². The van der Waals surface area contributed by atoms with Crippen molar-refractivity contribution in [1.82, 2.24) is 0 Å². The summed E-state index contributed by atoms with van der Waals surface area (Å²) in [5.74, 6) is -0.593. The Hall–Kier alpha value is -1.59. The second-order valence-electron chi connectivity index (χ2n) is 4.34. The Morgan fingerprint density at radius 2 is 2.05 bits per heavy atom. The SMILES string of the molecule is CCOCC(C)OCCCOc1ccccc1C(=O)O. The van der Waals surface area contributed by atoms with Crippen LogP contribution in [0.4, 0.5) is 0 Å². The van der Waals surface area contributed by atoms with Gasteiger partial charge >= 0.3 is 5.97 Å². The van der Waals surface area contributed by atoms with E-state index in [1.54, 1.807) is 18.2 Å². The molecule has 20 heavy (non-hydrogen) atoms. The molecule has 112 valence electrons. The topological polar surface area (TPSA) is 65.0 Å². The van der Waals surface area contributed by atoms with Crippen molar-refractivity contribution in [1.29, 1.82) is 0 Å². The van der Waals surface area contributed by atoms with Gasteiger partial charge in [-0.2, -0.15) is 0 Å². The molecule has 0 aliphatic rings. The summed E-state index contributed by atoms with van der Waals surface area (Å²) in [5.41, 5.74) is 0.179. The zero-order valence-corrected chi connectivity index (χ0v) is 12.0. The maximum Gasteiger partial charge on any atom is 0.339 e. The largest absolute Gasteiger partial charge is 0.493 e. The molecule has 1 unspecified atom stereocenters. The zero-order chi connectivity index (χ0) is 14.8. The molecule has 0 amide bonds. The summed E-state index contributed by atoms with van der Waals surface area (Å²) in [4.78, 5) is 11.0. The Morgan fingerprint density at radius 3 is 2.75 bits per heavy atom. The quantitative estimate of drug-likeness (QED) is 0.668. The van der Waals surface area contributed by atoms with E-state index < -0.39 is 5.97 Å². The summed E-state index contributed by atoms with van der Waals surface area (Å²) in [5, 5.41) is 9.00. The molecule has 0 spiro atoms. The molecule has 0 fully saturated rings. The van der Waals surface area contributed by atoms with Crippen molar-refractivity contribution in [3.05, 3.63) is 29.8 Å². The number of ether oxygens (including phenoxy) is 3. The van der Waals surface area contributed by atoms with Crippen LogP contribution in [0.5, 0.6) is 5.75 Å². The highest BCUT2D eigenvalue weighted by Gasteiger charge is 2.09. The van der Waals surface area contributed by atoms with E-state index >= 15 is 0 Å². The van der Waals surface area contributed by atoms with E-state index in [4.69, 9.17) is 19.3 Å². The Balaban J connectivity index is 2.23. The number of carboxylic acids is 1. The minimum Gasteiger partial charge on any atom is -0.493 e. The number of carboxylic acid groups (broad SMARTS) is 1. The van der Waals surface area contributed by atoms with E-state index in [0.29, 0.717) is 38.6 Å². The summed E-state index contributed by atoms with van der Waals surface area (Å²) in [6, 6.07) is 6.61. The van der Waals surface area contributed by atoms with Crippen molar-refractivity contribution in [2.75, 3.05) is 26.4 Å². The van der Waals surface area contributed by atoms with Crippen LogP contribution in [0.1, 0.15) is 30.6 Å². The summed E-state index contributed by atoms with van der Waals surface area (Å²) in [6.45, 7) is 6.15. The van der Waals surface area contributed by atoms with Gasteiger partial charge in [-0.1, -0.05) is 12.1 Å². The fourth-order valence-corrected chi connectivity index (χ4v) is 1.63. The molecule has 0 aromatic heterocycles. The van der Waals surface area contributed by atoms with Gasteiger partial charge in [-0.15, -0.1) is 0 Å². The molecule has 0 heterocycles. The van der Waals surface area contributed by atoms with Crippen LogP contribution in [0, 0.1) is 0 Å². The van der Waals surface area contributed by atoms with E-state index in [9.17, 15) is 4.79 Å². The van der Waals surface area contributed by atoms with E-state index in [1.165, 1.54) is 6.07 Å². The number of carbonyl (C=O) groups is 1. The van der Waals surface area contributed by atoms with Crippen LogP contribution in [0.15, 0.2) is 24.3 Å². The van der Waals surface area contributed by atoms with Crippen LogP contribution in [0.25, 0.3) is 0 Å². The first-order valence-electron chi connectivity index (χ1n) is 6.79. The lowest BCUT2D eigenvalue weighted by atomic mass is 10.2. The molecule has 5 nitrogen and oxygen atoms in total. The van der Waals surface area contributed by atoms with Crippen LogP contribution in [-0.2, 0) is 9.47 Å². The molecule has 0 bridgehead atoms. The number of aromatic carboxylic acids is 1. The summed E-state index contributed by atoms with van der Waals surface area (Å²) < 4.78 is 16.2. The number of rotatable bonds is 10. The van der Waals surface area contributed by atoms with Crippen LogP contribution in [-0.4, -0.2) is 43.6 Å². The van der Waals surface area contributed by atoms with E-state index in [-0.39, 0.29) is 11.7 Å². The lowest BCUT2D eigenvalue weighted by molar-refractivity contribution is -0.00668. The maximum absolute atomic E-state index is 11.0. The highest BCUT2D eigenvalue weighted by atomic mass is 16.5. The molecular weight excluding hydrogens is 260 g/mol. The third-order valence-electron chi connectivity index (χ3n) is 2.62. The monoisotopic (exact) mass is 282 g/mol. The van der Waals surface area contributed by atoms with Gasteiger partial charge in [-0.25, -0.2) is 4.79 Å². The average Bonchev–Trinajstić information content (AvgIpc) is 2.45. The van der Waals surface area contributed by atoms with Gasteiger partial charge in [0, 0.05) is 13.0 Å². The molecule has 1 aromatic rings. The number of para-hydroxylation sites is 1. The third-order valence-corrected chi connectivity index (χ3v) is 2.62. The summed E-state index contributed by atoms with van der Waals surface area (Å²) >= 11 is 0. The summed E-state index contributed by atoms with van der Waals surface area (Å²) in [6.07, 6.45) is 0.756. The van der Waals surface area contributed by atoms with Crippen molar-refractivity contribution in [2.24, 2.45) is 0 Å². The first kappa shape index (κ1) is 16.5. The fourth-order valence-electron chi connectivity index (χ4n) is 1.63. The average molecular weight is 282 g/mol. The molecule has 0 aliphatic carbocycles. The van der Waals surface area contributed by atoms with Crippen molar-refractivity contribution in [3.63, 3.8) is 0 Å². The molecule has 1 N–H and O–H groups in total. The Bertz CT molecular complexity index is 405. The molecule has 1 aromatic carbocycles. The smallest absolute Gasteiger partial charge is 0.339 e. The minimum atomic E-state index is -0.984. The van der Waals surface area contributed by atoms with Gasteiger partial charge in [-0.3, -0.25) is 0 Å². The van der Waals surface area contributed by atoms with E-state index in [0.717, 1.165) is 0 Å². The van der Waals surface area contributed by atoms with Crippen LogP contribution >= 0.6 is 0 Å². The Kier molecular flexibility index (Phi) is 7.69. The molecule has 0 saturated carbocycles. The molecule has 1 rings (SSSR count). The Morgan fingerprint density at radius 1 is 1.30 bits per heavy atom. The van der Waals surface area contributed by atoms with Crippen LogP contribution < -0.4 is 4.74 Å². The fraction of sp³-hybridized carbons (Fsp3) is 0.533. The first-order valence-corrected chi connectivity index (χ1v) is 6.79. The normalized spacial score (nSPS) is 12.1. The number of benzene rings is 1. The molecule has 1 atom stereocenters. The van der Waals surface area contributed by atoms with Gasteiger partial charge < -0.3 is 19.3 Å². The summed E-state index contributed by atoms with van der Waals surface area (Å²) in [7, 11) is 0. The predicted octanol–water partition coefficient (Wildman–Crippen LogP) is 2.60. The standard InChI is InChI=1S/C15H22O5/c1-3-18-11-12(2)19-9-6-10-20-14-8-5-4-7-13(14)15(16)17/h4-5,7-8,12H,3,6,9-11H2,1-2H3,(H,16,17). The molecule has 0 radical (unpaired) electrons. The highest BCUT2D eigenvalue weighted by Crippen LogP contribution is 2.17.